The Kier molecular flexibility index (Phi) is 153. The van der Waals surface area contributed by atoms with Crippen LogP contribution in [0.2, 0.25) is 0 Å². The fourth-order valence-corrected chi connectivity index (χ4v) is 5.67. The maximum Gasteiger partial charge on any atom is 0.00187 e. The molecule has 344 valence electrons. The Balaban J connectivity index is -0.0000000448. The standard InChI is InChI=1S/3C8H18S.2C4H10S.4C4H8.2H2S/c1-5-7(3)9-8(4)6-2;1-4-6-7-9-8(3)5-2;1-3-5-7-9-8-6-4-2;1-3-4(2)5;1-2-3-4-5;4*1-3-4-2;;/h7-8H,5-6H2,1-4H3;8H,4-7H2,1-3H3;3-8H2,1-2H3;4-5H,3H2,1-2H3;5H,2-4H2,1H3;2*3-4H,1-2H3;2*3H,1,4H2,2H3;2*1H2/b;;;;;4-3+;4-3-;;;;. The molecule has 0 saturated carbocycles. The highest BCUT2D eigenvalue weighted by Gasteiger charge is 2.03. The number of hydrogen-bond acceptors (Lipinski definition) is 5. The van der Waals surface area contributed by atoms with Gasteiger partial charge in [0.15, 0.2) is 0 Å². The first-order valence-electron chi connectivity index (χ1n) is 21.8. The summed E-state index contributed by atoms with van der Waals surface area (Å²) < 4.78 is 0. The van der Waals surface area contributed by atoms with Crippen molar-refractivity contribution in [2.45, 2.75) is 236 Å². The summed E-state index contributed by atoms with van der Waals surface area (Å²) in [6, 6.07) is 0. The lowest BCUT2D eigenvalue weighted by Gasteiger charge is -2.12. The zero-order valence-electron chi connectivity index (χ0n) is 41.0. The Hall–Kier alpha value is 1.41. The van der Waals surface area contributed by atoms with Crippen LogP contribution in [0.5, 0.6) is 0 Å². The van der Waals surface area contributed by atoms with Gasteiger partial charge in [0.2, 0.25) is 0 Å². The smallest absolute Gasteiger partial charge is 0.00187 e. The van der Waals surface area contributed by atoms with Crippen molar-refractivity contribution in [3.8, 4) is 0 Å². The first kappa shape index (κ1) is 84.0. The van der Waals surface area contributed by atoms with Gasteiger partial charge in [-0.15, -0.1) is 13.2 Å². The van der Waals surface area contributed by atoms with Crippen LogP contribution in [0.1, 0.15) is 215 Å². The third kappa shape index (κ3) is 171. The highest BCUT2D eigenvalue weighted by atomic mass is 32.2. The quantitative estimate of drug-likeness (QED) is 0.0710. The zero-order chi connectivity index (χ0) is 43.4. The third-order valence-electron chi connectivity index (χ3n) is 6.72. The molecule has 0 aliphatic carbocycles. The van der Waals surface area contributed by atoms with Gasteiger partial charge in [-0.3, -0.25) is 0 Å². The van der Waals surface area contributed by atoms with E-state index in [1.54, 1.807) is 0 Å². The van der Waals surface area contributed by atoms with Gasteiger partial charge in [0.1, 0.15) is 0 Å². The van der Waals surface area contributed by atoms with E-state index < -0.39 is 0 Å². The molecule has 0 amide bonds. The number of hydrogen-bond donors (Lipinski definition) is 2. The molecule has 0 aliphatic rings. The molecule has 0 heterocycles. The van der Waals surface area contributed by atoms with Crippen LogP contribution in [0, 0.1) is 0 Å². The molecule has 55 heavy (non-hydrogen) atoms. The Labute approximate surface area is 392 Å². The molecule has 0 aromatic carbocycles. The highest BCUT2D eigenvalue weighted by molar-refractivity contribution is 8.00. The van der Waals surface area contributed by atoms with E-state index in [0.717, 1.165) is 34.3 Å². The van der Waals surface area contributed by atoms with Crippen LogP contribution in [0.15, 0.2) is 49.6 Å². The van der Waals surface area contributed by atoms with Gasteiger partial charge in [-0.2, -0.15) is 87.5 Å². The van der Waals surface area contributed by atoms with Crippen LogP contribution in [0.25, 0.3) is 0 Å². The van der Waals surface area contributed by atoms with E-state index in [1.165, 1.54) is 94.3 Å². The average molecular weight is 912 g/mol. The van der Waals surface area contributed by atoms with Crippen molar-refractivity contribution in [1.82, 2.24) is 0 Å². The topological polar surface area (TPSA) is 0 Å². The van der Waals surface area contributed by atoms with Crippen molar-refractivity contribution >= 4 is 87.5 Å². The van der Waals surface area contributed by atoms with E-state index in [9.17, 15) is 0 Å². The summed E-state index contributed by atoms with van der Waals surface area (Å²) in [5.41, 5.74) is 0. The number of unbranched alkanes of at least 4 members (excludes halogenated alkanes) is 4. The van der Waals surface area contributed by atoms with Crippen molar-refractivity contribution in [2.24, 2.45) is 0 Å². The molecule has 4 unspecified atom stereocenters. The SMILES string of the molecule is C/C=C/C.C/C=C\C.C=CCC.C=CCC.CCC(C)S.CCC(C)SC(C)CC.CCCCS.CCCCSC(C)CC.CCCCSCCCC.S.S. The van der Waals surface area contributed by atoms with Gasteiger partial charge in [0, 0.05) is 15.7 Å². The molecule has 0 aromatic rings. The Bertz CT molecular complexity index is 524. The van der Waals surface area contributed by atoms with Gasteiger partial charge >= 0.3 is 0 Å². The van der Waals surface area contributed by atoms with Crippen LogP contribution in [0.4, 0.5) is 0 Å². The molecule has 7 heteroatoms. The van der Waals surface area contributed by atoms with Gasteiger partial charge in [0.25, 0.3) is 0 Å². The molecule has 0 spiro atoms. The molecular formula is C48H110S7. The summed E-state index contributed by atoms with van der Waals surface area (Å²) in [5.74, 6) is 5.13. The Morgan fingerprint density at radius 2 is 0.764 bits per heavy atom. The van der Waals surface area contributed by atoms with E-state index in [2.05, 4.69) is 171 Å². The Morgan fingerprint density at radius 1 is 0.491 bits per heavy atom. The van der Waals surface area contributed by atoms with Crippen molar-refractivity contribution < 1.29 is 0 Å². The molecule has 0 nitrogen and oxygen atoms in total. The van der Waals surface area contributed by atoms with Gasteiger partial charge in [-0.25, -0.2) is 0 Å². The second-order valence-corrected chi connectivity index (χ2v) is 18.4. The highest BCUT2D eigenvalue weighted by Crippen LogP contribution is 2.21. The predicted molar refractivity (Wildman–Crippen MR) is 302 cm³/mol. The summed E-state index contributed by atoms with van der Waals surface area (Å²) in [7, 11) is 0. The van der Waals surface area contributed by atoms with Crippen LogP contribution in [0.3, 0.4) is 0 Å². The fraction of sp³-hybridized carbons (Fsp3) is 0.833. The molecule has 0 bridgehead atoms. The van der Waals surface area contributed by atoms with E-state index in [0.29, 0.717) is 5.25 Å². The predicted octanol–water partition coefficient (Wildman–Crippen LogP) is 19.9. The van der Waals surface area contributed by atoms with Crippen molar-refractivity contribution in [2.75, 3.05) is 23.0 Å². The lowest BCUT2D eigenvalue weighted by molar-refractivity contribution is 0.860. The minimum Gasteiger partial charge on any atom is -0.197 e. The van der Waals surface area contributed by atoms with Crippen molar-refractivity contribution in [1.29, 1.82) is 0 Å². The van der Waals surface area contributed by atoms with Gasteiger partial charge in [-0.1, -0.05) is 159 Å². The summed E-state index contributed by atoms with van der Waals surface area (Å²) in [6.45, 7) is 45.9. The molecule has 0 saturated heterocycles. The number of rotatable bonds is 20. The van der Waals surface area contributed by atoms with Gasteiger partial charge in [0.05, 0.1) is 0 Å². The van der Waals surface area contributed by atoms with Crippen LogP contribution < -0.4 is 0 Å². The van der Waals surface area contributed by atoms with E-state index in [-0.39, 0.29) is 27.0 Å². The Morgan fingerprint density at radius 3 is 0.927 bits per heavy atom. The van der Waals surface area contributed by atoms with Gasteiger partial charge in [-0.05, 0) is 120 Å². The van der Waals surface area contributed by atoms with Crippen molar-refractivity contribution in [3.63, 3.8) is 0 Å². The largest absolute Gasteiger partial charge is 0.197 e. The molecule has 0 fully saturated rings. The van der Waals surface area contributed by atoms with Gasteiger partial charge < -0.3 is 0 Å². The monoisotopic (exact) mass is 911 g/mol. The number of thiol groups is 2. The molecule has 0 rings (SSSR count). The second kappa shape index (κ2) is 100. The molecular weight excluding hydrogens is 801 g/mol. The number of thioether (sulfide) groups is 3. The molecule has 0 radical (unpaired) electrons. The second-order valence-electron chi connectivity index (χ2n) is 12.4. The van der Waals surface area contributed by atoms with Crippen LogP contribution >= 0.6 is 87.5 Å². The minimum atomic E-state index is 0. The van der Waals surface area contributed by atoms with E-state index >= 15 is 0 Å². The van der Waals surface area contributed by atoms with Crippen LogP contribution in [-0.4, -0.2) is 44.0 Å². The first-order valence-corrected chi connectivity index (χ1v) is 26.1. The van der Waals surface area contributed by atoms with Crippen molar-refractivity contribution in [3.05, 3.63) is 49.6 Å². The summed E-state index contributed by atoms with van der Waals surface area (Å²) in [4.78, 5) is 0. The van der Waals surface area contributed by atoms with Crippen LogP contribution in [-0.2, 0) is 0 Å². The van der Waals surface area contributed by atoms with E-state index in [4.69, 9.17) is 0 Å². The maximum absolute atomic E-state index is 4.10. The zero-order valence-corrected chi connectivity index (χ0v) is 47.3. The third-order valence-corrected chi connectivity index (χ3v) is 11.6. The lowest BCUT2D eigenvalue weighted by Crippen LogP contribution is -2.01. The summed E-state index contributed by atoms with van der Waals surface area (Å²) >= 11 is 14.4. The molecule has 0 aliphatic heterocycles. The molecule has 0 N–H and O–H groups in total. The summed E-state index contributed by atoms with van der Waals surface area (Å²) in [5, 5.41) is 3.14. The fourth-order valence-electron chi connectivity index (χ4n) is 1.89. The molecule has 4 atom stereocenters. The first-order chi connectivity index (χ1) is 25.3. The van der Waals surface area contributed by atoms with E-state index in [1.807, 2.05) is 64.2 Å². The number of allylic oxidation sites excluding steroid dienone is 6. The molecule has 0 aromatic heterocycles. The normalized spacial score (nSPS) is 11.1. The minimum absolute atomic E-state index is 0. The maximum atomic E-state index is 4.10. The lowest BCUT2D eigenvalue weighted by atomic mass is 10.4. The summed E-state index contributed by atoms with van der Waals surface area (Å²) in [6.07, 6.45) is 29.7. The average Bonchev–Trinajstić information content (AvgIpc) is 3.19.